The Morgan fingerprint density at radius 2 is 1.78 bits per heavy atom. The van der Waals surface area contributed by atoms with E-state index in [0.29, 0.717) is 6.54 Å². The number of hydrogen-bond acceptors (Lipinski definition) is 4. The van der Waals surface area contributed by atoms with E-state index in [2.05, 4.69) is 40.0 Å². The molecule has 2 heterocycles. The van der Waals surface area contributed by atoms with Gasteiger partial charge >= 0.3 is 0 Å². The molecule has 6 heteroatoms. The summed E-state index contributed by atoms with van der Waals surface area (Å²) in [7, 11) is 0. The van der Waals surface area contributed by atoms with Gasteiger partial charge in [0.25, 0.3) is 0 Å². The van der Waals surface area contributed by atoms with Gasteiger partial charge in [-0.2, -0.15) is 0 Å². The summed E-state index contributed by atoms with van der Waals surface area (Å²) >= 11 is 1.73. The van der Waals surface area contributed by atoms with E-state index in [1.807, 2.05) is 42.5 Å². The Kier molecular flexibility index (Phi) is 7.55. The van der Waals surface area contributed by atoms with E-state index >= 15 is 0 Å². The molecule has 2 N–H and O–H groups in total. The first-order valence-electron chi connectivity index (χ1n) is 11.4. The molecule has 0 radical (unpaired) electrons. The van der Waals surface area contributed by atoms with Crippen molar-refractivity contribution in [1.82, 2.24) is 15.5 Å². The number of fused-ring (bicyclic) bond motifs is 1. The summed E-state index contributed by atoms with van der Waals surface area (Å²) in [5, 5.41) is 10.1. The van der Waals surface area contributed by atoms with E-state index in [0.717, 1.165) is 35.3 Å². The molecule has 2 amide bonds. The maximum Gasteiger partial charge on any atom is 0.239 e. The topological polar surface area (TPSA) is 61.4 Å². The highest BCUT2D eigenvalue weighted by molar-refractivity contribution is 7.10. The van der Waals surface area contributed by atoms with Gasteiger partial charge in [0.2, 0.25) is 11.8 Å². The Balaban J connectivity index is 1.28. The maximum absolute atomic E-state index is 12.5. The van der Waals surface area contributed by atoms with Gasteiger partial charge in [-0.25, -0.2) is 0 Å². The lowest BCUT2D eigenvalue weighted by molar-refractivity contribution is -0.125. The second-order valence-corrected chi connectivity index (χ2v) is 9.62. The number of nitrogens with one attached hydrogen (secondary N) is 2. The average molecular weight is 450 g/mol. The Bertz CT molecular complexity index is 1040. The summed E-state index contributed by atoms with van der Waals surface area (Å²) in [6.45, 7) is 4.98. The first kappa shape index (κ1) is 22.5. The third kappa shape index (κ3) is 5.75. The Labute approximate surface area is 193 Å². The van der Waals surface area contributed by atoms with Crippen LogP contribution in [0, 0.1) is 5.92 Å². The minimum Gasteiger partial charge on any atom is -0.353 e. The third-order valence-electron chi connectivity index (χ3n) is 6.30. The molecule has 3 aromatic rings. The summed E-state index contributed by atoms with van der Waals surface area (Å²) < 4.78 is 0. The fraction of sp³-hybridized carbons (Fsp3) is 0.385. The quantitative estimate of drug-likeness (QED) is 0.543. The van der Waals surface area contributed by atoms with Gasteiger partial charge in [-0.3, -0.25) is 14.5 Å². The van der Waals surface area contributed by atoms with Gasteiger partial charge in [0.15, 0.2) is 0 Å². The van der Waals surface area contributed by atoms with Crippen molar-refractivity contribution >= 4 is 33.9 Å². The van der Waals surface area contributed by atoms with Crippen LogP contribution in [0.15, 0.2) is 60.0 Å². The van der Waals surface area contributed by atoms with Crippen LogP contribution in [0.1, 0.15) is 36.2 Å². The van der Waals surface area contributed by atoms with Gasteiger partial charge in [-0.05, 0) is 59.6 Å². The summed E-state index contributed by atoms with van der Waals surface area (Å²) in [6, 6.07) is 18.4. The van der Waals surface area contributed by atoms with Crippen LogP contribution in [-0.2, 0) is 16.0 Å². The zero-order chi connectivity index (χ0) is 22.3. The number of carbonyl (C=O) groups excluding carboxylic acids is 2. The number of nitrogens with zero attached hydrogens (tertiary/aromatic N) is 1. The molecule has 0 aliphatic carbocycles. The average Bonchev–Trinajstić information content (AvgIpc) is 3.34. The van der Waals surface area contributed by atoms with Crippen molar-refractivity contribution in [3.8, 4) is 0 Å². The third-order valence-corrected chi connectivity index (χ3v) is 7.27. The van der Waals surface area contributed by atoms with E-state index in [1.54, 1.807) is 11.3 Å². The van der Waals surface area contributed by atoms with Gasteiger partial charge in [0, 0.05) is 11.4 Å². The normalized spacial score (nSPS) is 16.0. The molecule has 32 heavy (non-hydrogen) atoms. The highest BCUT2D eigenvalue weighted by Crippen LogP contribution is 2.29. The molecular formula is C26H31N3O2S. The molecule has 0 unspecified atom stereocenters. The number of hydrogen-bond donors (Lipinski definition) is 2. The van der Waals surface area contributed by atoms with Crippen LogP contribution in [0.2, 0.25) is 0 Å². The first-order valence-corrected chi connectivity index (χ1v) is 12.3. The zero-order valence-corrected chi connectivity index (χ0v) is 19.4. The Hall–Kier alpha value is -2.70. The van der Waals surface area contributed by atoms with Gasteiger partial charge < -0.3 is 10.6 Å². The fourth-order valence-corrected chi connectivity index (χ4v) is 5.23. The molecule has 1 saturated heterocycles. The van der Waals surface area contributed by atoms with E-state index in [4.69, 9.17) is 0 Å². The largest absolute Gasteiger partial charge is 0.353 e. The van der Waals surface area contributed by atoms with Crippen molar-refractivity contribution < 1.29 is 9.59 Å². The smallest absolute Gasteiger partial charge is 0.239 e. The molecule has 0 saturated carbocycles. The van der Waals surface area contributed by atoms with Crippen molar-refractivity contribution in [2.24, 2.45) is 5.92 Å². The maximum atomic E-state index is 12.5. The van der Waals surface area contributed by atoms with Gasteiger partial charge in [-0.1, -0.05) is 55.5 Å². The number of likely N-dealkylation sites (tertiary alicyclic amines) is 1. The number of piperidine rings is 1. The van der Waals surface area contributed by atoms with Crippen molar-refractivity contribution in [2.45, 2.75) is 32.2 Å². The van der Waals surface area contributed by atoms with Crippen LogP contribution >= 0.6 is 11.3 Å². The van der Waals surface area contributed by atoms with E-state index in [1.165, 1.54) is 17.7 Å². The van der Waals surface area contributed by atoms with Crippen molar-refractivity contribution in [1.29, 1.82) is 0 Å². The molecule has 1 atom stereocenters. The molecule has 0 spiro atoms. The highest BCUT2D eigenvalue weighted by atomic mass is 32.1. The molecule has 1 fully saturated rings. The van der Waals surface area contributed by atoms with Crippen molar-refractivity contribution in [3.63, 3.8) is 0 Å². The molecule has 5 nitrogen and oxygen atoms in total. The summed E-state index contributed by atoms with van der Waals surface area (Å²) in [5.41, 5.74) is 0.970. The van der Waals surface area contributed by atoms with Crippen LogP contribution in [0.25, 0.3) is 10.8 Å². The predicted octanol–water partition coefficient (Wildman–Crippen LogP) is 4.15. The zero-order valence-electron chi connectivity index (χ0n) is 18.5. The van der Waals surface area contributed by atoms with Crippen LogP contribution in [0.5, 0.6) is 0 Å². The van der Waals surface area contributed by atoms with Crippen LogP contribution in [0.4, 0.5) is 0 Å². The first-order chi connectivity index (χ1) is 15.6. The number of benzene rings is 2. The lowest BCUT2D eigenvalue weighted by Crippen LogP contribution is -2.44. The minimum absolute atomic E-state index is 0.00219. The second-order valence-electron chi connectivity index (χ2n) is 8.65. The van der Waals surface area contributed by atoms with Gasteiger partial charge in [0.05, 0.1) is 19.0 Å². The van der Waals surface area contributed by atoms with Crippen LogP contribution in [0.3, 0.4) is 0 Å². The SMILES string of the molecule is CC1CCN([C@@H](CNC(=O)CNC(=O)Cc2cccc3ccccc23)c2cccs2)CC1. The van der Waals surface area contributed by atoms with E-state index < -0.39 is 0 Å². The summed E-state index contributed by atoms with van der Waals surface area (Å²) in [4.78, 5) is 28.7. The number of carbonyl (C=O) groups is 2. The number of amides is 2. The van der Waals surface area contributed by atoms with Crippen LogP contribution in [-0.4, -0.2) is 42.9 Å². The minimum atomic E-state index is -0.150. The Morgan fingerprint density at radius 1 is 1.00 bits per heavy atom. The molecule has 1 aromatic heterocycles. The lowest BCUT2D eigenvalue weighted by Gasteiger charge is -2.36. The highest BCUT2D eigenvalue weighted by Gasteiger charge is 2.25. The van der Waals surface area contributed by atoms with Crippen molar-refractivity contribution in [3.05, 3.63) is 70.4 Å². The molecule has 4 rings (SSSR count). The fourth-order valence-electron chi connectivity index (χ4n) is 4.36. The molecule has 2 aromatic carbocycles. The van der Waals surface area contributed by atoms with Crippen molar-refractivity contribution in [2.75, 3.05) is 26.2 Å². The Morgan fingerprint density at radius 3 is 2.56 bits per heavy atom. The molecule has 1 aliphatic rings. The predicted molar refractivity (Wildman–Crippen MR) is 131 cm³/mol. The monoisotopic (exact) mass is 449 g/mol. The molecule has 168 valence electrons. The second kappa shape index (κ2) is 10.7. The number of rotatable bonds is 8. The standard InChI is InChI=1S/C26H31N3O2S/c1-19-11-13-29(14-12-19)23(24-10-5-15-32-24)17-27-26(31)18-28-25(30)16-21-8-4-7-20-6-2-3-9-22(20)21/h2-10,15,19,23H,11-14,16-18H2,1H3,(H,27,31)(H,28,30)/t23-/m0/s1. The number of thiophene rings is 1. The van der Waals surface area contributed by atoms with E-state index in [-0.39, 0.29) is 30.8 Å². The summed E-state index contributed by atoms with van der Waals surface area (Å²) in [6.07, 6.45) is 2.65. The van der Waals surface area contributed by atoms with Gasteiger partial charge in [-0.15, -0.1) is 11.3 Å². The molecule has 1 aliphatic heterocycles. The van der Waals surface area contributed by atoms with E-state index in [9.17, 15) is 9.59 Å². The van der Waals surface area contributed by atoms with Crippen LogP contribution < -0.4 is 10.6 Å². The molecular weight excluding hydrogens is 418 g/mol. The summed E-state index contributed by atoms with van der Waals surface area (Å²) in [5.74, 6) is 0.473. The van der Waals surface area contributed by atoms with Gasteiger partial charge in [0.1, 0.15) is 0 Å². The lowest BCUT2D eigenvalue weighted by atomic mass is 9.97. The molecule has 0 bridgehead atoms.